The Morgan fingerprint density at radius 1 is 0.806 bits per heavy atom. The fourth-order valence-corrected chi connectivity index (χ4v) is 4.80. The van der Waals surface area contributed by atoms with Crippen molar-refractivity contribution in [3.8, 4) is 16.9 Å². The third-order valence-corrected chi connectivity index (χ3v) is 6.81. The molecule has 0 spiro atoms. The van der Waals surface area contributed by atoms with E-state index in [1.807, 2.05) is 0 Å². The normalized spacial score (nSPS) is 12.3. The molecule has 0 fully saturated rings. The second-order valence-electron chi connectivity index (χ2n) is 7.43. The van der Waals surface area contributed by atoms with Crippen molar-refractivity contribution in [2.24, 2.45) is 10.2 Å². The molecular formula is C22H15N3O9S2. The van der Waals surface area contributed by atoms with Crippen LogP contribution in [0.25, 0.3) is 21.9 Å². The molecule has 14 heteroatoms. The summed E-state index contributed by atoms with van der Waals surface area (Å²) >= 11 is 0. The van der Waals surface area contributed by atoms with Gasteiger partial charge in [0.1, 0.15) is 10.6 Å². The number of nitrogens with zero attached hydrogens (tertiary/aromatic N) is 3. The van der Waals surface area contributed by atoms with Crippen molar-refractivity contribution in [1.82, 2.24) is 0 Å². The van der Waals surface area contributed by atoms with Crippen molar-refractivity contribution in [2.45, 2.75) is 9.79 Å². The van der Waals surface area contributed by atoms with Crippen molar-refractivity contribution < 1.29 is 36.0 Å². The van der Waals surface area contributed by atoms with Gasteiger partial charge in [0, 0.05) is 17.7 Å². The van der Waals surface area contributed by atoms with Crippen LogP contribution in [0.15, 0.2) is 92.8 Å². The Bertz CT molecular complexity index is 1750. The van der Waals surface area contributed by atoms with Gasteiger partial charge in [0.05, 0.1) is 26.6 Å². The molecule has 0 radical (unpaired) electrons. The van der Waals surface area contributed by atoms with Crippen molar-refractivity contribution in [3.63, 3.8) is 0 Å². The monoisotopic (exact) mass is 529 g/mol. The first-order valence-corrected chi connectivity index (χ1v) is 12.7. The van der Waals surface area contributed by atoms with Crippen LogP contribution >= 0.6 is 0 Å². The van der Waals surface area contributed by atoms with Gasteiger partial charge >= 0.3 is 0 Å². The van der Waals surface area contributed by atoms with Crippen molar-refractivity contribution >= 4 is 48.1 Å². The van der Waals surface area contributed by atoms with Crippen LogP contribution in [0.2, 0.25) is 0 Å². The Hall–Kier alpha value is -4.24. The number of nitro benzene ring substituents is 1. The number of azo groups is 1. The first-order valence-electron chi connectivity index (χ1n) is 9.86. The molecule has 0 atom stereocenters. The van der Waals surface area contributed by atoms with E-state index in [4.69, 9.17) is 0 Å². The summed E-state index contributed by atoms with van der Waals surface area (Å²) in [6.07, 6.45) is 0. The average molecular weight is 530 g/mol. The van der Waals surface area contributed by atoms with Gasteiger partial charge in [-0.15, -0.1) is 5.11 Å². The maximum atomic E-state index is 12.2. The number of aromatic hydroxyl groups is 1. The Labute approximate surface area is 203 Å². The second kappa shape index (κ2) is 9.09. The van der Waals surface area contributed by atoms with E-state index in [2.05, 4.69) is 10.2 Å². The van der Waals surface area contributed by atoms with Gasteiger partial charge < -0.3 is 5.11 Å². The molecule has 4 aromatic carbocycles. The van der Waals surface area contributed by atoms with Crippen LogP contribution in [-0.2, 0) is 20.2 Å². The lowest BCUT2D eigenvalue weighted by atomic mass is 9.98. The van der Waals surface area contributed by atoms with Crippen LogP contribution in [0.4, 0.5) is 17.1 Å². The molecule has 0 saturated carbocycles. The third kappa shape index (κ3) is 4.92. The molecule has 184 valence electrons. The van der Waals surface area contributed by atoms with Crippen molar-refractivity contribution in [2.75, 3.05) is 0 Å². The highest BCUT2D eigenvalue weighted by molar-refractivity contribution is 7.86. The number of nitro groups is 1. The van der Waals surface area contributed by atoms with Crippen LogP contribution in [0, 0.1) is 10.1 Å². The summed E-state index contributed by atoms with van der Waals surface area (Å²) in [6.45, 7) is 0. The van der Waals surface area contributed by atoms with E-state index in [0.29, 0.717) is 0 Å². The molecule has 0 aliphatic heterocycles. The van der Waals surface area contributed by atoms with Crippen LogP contribution in [0.1, 0.15) is 0 Å². The highest BCUT2D eigenvalue weighted by Crippen LogP contribution is 2.45. The number of non-ortho nitro benzene ring substituents is 1. The molecule has 0 amide bonds. The lowest BCUT2D eigenvalue weighted by molar-refractivity contribution is -0.384. The highest BCUT2D eigenvalue weighted by atomic mass is 32.2. The smallest absolute Gasteiger partial charge is 0.295 e. The molecule has 4 aromatic rings. The van der Waals surface area contributed by atoms with E-state index in [1.54, 1.807) is 18.2 Å². The van der Waals surface area contributed by atoms with Crippen molar-refractivity contribution in [1.29, 1.82) is 0 Å². The minimum Gasteiger partial charge on any atom is -0.507 e. The summed E-state index contributed by atoms with van der Waals surface area (Å²) in [5, 5.41) is 29.5. The average Bonchev–Trinajstić information content (AvgIpc) is 2.81. The predicted octanol–water partition coefficient (Wildman–Crippen LogP) is 5.03. The largest absolute Gasteiger partial charge is 0.507 e. The number of phenols is 1. The van der Waals surface area contributed by atoms with Gasteiger partial charge in [-0.2, -0.15) is 21.9 Å². The number of hydrogen-bond acceptors (Lipinski definition) is 9. The summed E-state index contributed by atoms with van der Waals surface area (Å²) in [5.41, 5.74) is -0.368. The molecule has 0 bridgehead atoms. The predicted molar refractivity (Wildman–Crippen MR) is 128 cm³/mol. The first-order chi connectivity index (χ1) is 16.9. The molecule has 0 heterocycles. The molecule has 3 N–H and O–H groups in total. The van der Waals surface area contributed by atoms with Gasteiger partial charge in [0.25, 0.3) is 25.9 Å². The standard InChI is InChI=1S/C22H15N3O9S2/c26-22-20-14(11-19(36(32,33)34)21(22)13-4-2-1-3-5-13)10-17(35(29,30)31)12-18(20)24-23-15-6-8-16(9-7-15)25(27)28/h1-12,26H,(H,29,30,31)(H,32,33,34). The Kier molecular flexibility index (Phi) is 6.28. The minimum atomic E-state index is -4.90. The molecule has 0 aromatic heterocycles. The molecule has 12 nitrogen and oxygen atoms in total. The Morgan fingerprint density at radius 3 is 2.00 bits per heavy atom. The molecular weight excluding hydrogens is 514 g/mol. The quantitative estimate of drug-likeness (QED) is 0.133. The van der Waals surface area contributed by atoms with Crippen LogP contribution < -0.4 is 0 Å². The van der Waals surface area contributed by atoms with Gasteiger partial charge in [0.2, 0.25) is 0 Å². The summed E-state index contributed by atoms with van der Waals surface area (Å²) in [7, 11) is -9.71. The van der Waals surface area contributed by atoms with E-state index < -0.39 is 40.7 Å². The topological polar surface area (TPSA) is 197 Å². The van der Waals surface area contributed by atoms with Crippen LogP contribution in [-0.4, -0.2) is 36.0 Å². The molecule has 0 aliphatic carbocycles. The molecule has 0 saturated heterocycles. The van der Waals surface area contributed by atoms with E-state index in [0.717, 1.165) is 18.2 Å². The zero-order valence-corrected chi connectivity index (χ0v) is 19.5. The fourth-order valence-electron chi connectivity index (χ4n) is 3.52. The summed E-state index contributed by atoms with van der Waals surface area (Å²) in [5.74, 6) is -0.647. The zero-order valence-electron chi connectivity index (χ0n) is 17.9. The van der Waals surface area contributed by atoms with E-state index >= 15 is 0 Å². The van der Waals surface area contributed by atoms with Gasteiger partial charge in [-0.25, -0.2) is 0 Å². The molecule has 4 rings (SSSR count). The first kappa shape index (κ1) is 24.9. The van der Waals surface area contributed by atoms with Gasteiger partial charge in [-0.05, 0) is 41.3 Å². The van der Waals surface area contributed by atoms with Gasteiger partial charge in [-0.1, -0.05) is 30.3 Å². The van der Waals surface area contributed by atoms with Gasteiger partial charge in [-0.3, -0.25) is 19.2 Å². The third-order valence-electron chi connectivity index (χ3n) is 5.10. The SMILES string of the molecule is O=[N+]([O-])c1ccc(N=Nc2cc(S(=O)(=O)O)cc3cc(S(=O)(=O)O)c(-c4ccccc4)c(O)c23)cc1. The molecule has 0 unspecified atom stereocenters. The fraction of sp³-hybridized carbons (Fsp3) is 0. The number of rotatable bonds is 6. The Morgan fingerprint density at radius 2 is 1.44 bits per heavy atom. The van der Waals surface area contributed by atoms with E-state index in [9.17, 15) is 41.2 Å². The lowest BCUT2D eigenvalue weighted by Crippen LogP contribution is -2.03. The summed E-state index contributed by atoms with van der Waals surface area (Å²) < 4.78 is 67.4. The highest BCUT2D eigenvalue weighted by Gasteiger charge is 2.26. The van der Waals surface area contributed by atoms with E-state index in [1.165, 1.54) is 36.4 Å². The second-order valence-corrected chi connectivity index (χ2v) is 10.2. The maximum Gasteiger partial charge on any atom is 0.295 e. The Balaban J connectivity index is 2.04. The number of benzene rings is 4. The van der Waals surface area contributed by atoms with Crippen LogP contribution in [0.3, 0.4) is 0 Å². The number of hydrogen-bond donors (Lipinski definition) is 3. The van der Waals surface area contributed by atoms with E-state index in [-0.39, 0.29) is 39.0 Å². The number of phenolic OH excluding ortho intramolecular Hbond substituents is 1. The molecule has 0 aliphatic rings. The summed E-state index contributed by atoms with van der Waals surface area (Å²) in [4.78, 5) is 8.84. The lowest BCUT2D eigenvalue weighted by Gasteiger charge is -2.15. The molecule has 36 heavy (non-hydrogen) atoms. The zero-order chi connectivity index (χ0) is 26.3. The maximum absolute atomic E-state index is 12.2. The van der Waals surface area contributed by atoms with Crippen LogP contribution in [0.5, 0.6) is 5.75 Å². The van der Waals surface area contributed by atoms with Crippen molar-refractivity contribution in [3.05, 3.63) is 82.9 Å². The number of fused-ring (bicyclic) bond motifs is 1. The van der Waals surface area contributed by atoms with Gasteiger partial charge in [0.15, 0.2) is 0 Å². The minimum absolute atomic E-state index is 0.126. The summed E-state index contributed by atoms with van der Waals surface area (Å²) in [6, 6.07) is 15.4.